The fraction of sp³-hybridized carbons (Fsp3) is 0.333. The molecule has 4 aromatic rings. The Labute approximate surface area is 274 Å². The quantitative estimate of drug-likeness (QED) is 0.272. The number of carbonyl (C=O) groups excluding carboxylic acids is 2. The van der Waals surface area contributed by atoms with Gasteiger partial charge in [-0.05, 0) is 55.8 Å². The van der Waals surface area contributed by atoms with Crippen molar-refractivity contribution < 1.29 is 32.2 Å². The van der Waals surface area contributed by atoms with Crippen molar-refractivity contribution in [1.29, 1.82) is 0 Å². The van der Waals surface area contributed by atoms with Crippen LogP contribution in [0.15, 0.2) is 59.4 Å². The minimum Gasteiger partial charge on any atom is -0.497 e. The second kappa shape index (κ2) is 14.2. The summed E-state index contributed by atoms with van der Waals surface area (Å²) in [5.74, 6) is -2.46. The molecule has 0 saturated carbocycles. The molecule has 15 heteroatoms. The molecule has 48 heavy (non-hydrogen) atoms. The fourth-order valence-electron chi connectivity index (χ4n) is 5.57. The van der Waals surface area contributed by atoms with Gasteiger partial charge in [-0.25, -0.2) is 27.6 Å². The number of benzene rings is 3. The van der Waals surface area contributed by atoms with E-state index >= 15 is 0 Å². The van der Waals surface area contributed by atoms with Crippen LogP contribution in [0.4, 0.5) is 29.3 Å². The topological polar surface area (TPSA) is 135 Å². The van der Waals surface area contributed by atoms with Crippen molar-refractivity contribution in [3.8, 4) is 11.5 Å². The van der Waals surface area contributed by atoms with E-state index in [0.29, 0.717) is 12.2 Å². The summed E-state index contributed by atoms with van der Waals surface area (Å²) in [5.41, 5.74) is 5.67. The highest BCUT2D eigenvalue weighted by atomic mass is 19.2. The van der Waals surface area contributed by atoms with Crippen LogP contribution in [0, 0.1) is 17.5 Å². The number of nitrogens with zero attached hydrogens (tertiary/aromatic N) is 5. The van der Waals surface area contributed by atoms with Crippen LogP contribution in [0.2, 0.25) is 0 Å². The Hall–Kier alpha value is -5.31. The van der Waals surface area contributed by atoms with Gasteiger partial charge in [-0.2, -0.15) is 0 Å². The maximum absolute atomic E-state index is 14.5. The minimum atomic E-state index is -1.22. The van der Waals surface area contributed by atoms with Crippen LogP contribution in [-0.2, 0) is 4.79 Å². The summed E-state index contributed by atoms with van der Waals surface area (Å²) in [6, 6.07) is 9.08. The van der Waals surface area contributed by atoms with Crippen LogP contribution in [0.1, 0.15) is 32.1 Å². The Kier molecular flexibility index (Phi) is 10.1. The van der Waals surface area contributed by atoms with Gasteiger partial charge in [0.25, 0.3) is 5.56 Å². The van der Waals surface area contributed by atoms with Crippen molar-refractivity contribution in [3.05, 3.63) is 88.2 Å². The Morgan fingerprint density at radius 1 is 0.979 bits per heavy atom. The van der Waals surface area contributed by atoms with Crippen LogP contribution in [-0.4, -0.2) is 72.9 Å². The highest BCUT2D eigenvalue weighted by Gasteiger charge is 2.33. The molecule has 2 atom stereocenters. The number of hydrogen-bond donors (Lipinski definition) is 2. The zero-order valence-electron chi connectivity index (χ0n) is 26.9. The maximum Gasteiger partial charge on any atom is 0.327 e. The molecule has 3 aromatic carbocycles. The normalized spacial score (nSPS) is 14.4. The average molecular weight is 668 g/mol. The predicted molar refractivity (Wildman–Crippen MR) is 175 cm³/mol. The van der Waals surface area contributed by atoms with Crippen molar-refractivity contribution in [2.45, 2.75) is 32.4 Å². The van der Waals surface area contributed by atoms with E-state index in [0.717, 1.165) is 12.1 Å². The van der Waals surface area contributed by atoms with Gasteiger partial charge in [-0.1, -0.05) is 6.92 Å². The van der Waals surface area contributed by atoms with E-state index < -0.39 is 41.1 Å². The standard InChI is InChI=1S/C33H36F3N7O5/c1-5-26(37)32(45)40-12-14-41(15-13-40)43-30(39-27-18-25(36)24(35)17-23(27)31(43)44)19(2)42(28-11-10-22(47-3)16-29(28)48-4)33(46)38-21-8-6-20(34)7-9-21/h6-11,16-19,26H,5,12-15,37H2,1-4H3,(H,38,46). The number of nitrogens with one attached hydrogen (secondary N) is 1. The minimum absolute atomic E-state index is 0.00988. The zero-order valence-corrected chi connectivity index (χ0v) is 26.9. The lowest BCUT2D eigenvalue weighted by Crippen LogP contribution is -2.58. The van der Waals surface area contributed by atoms with Gasteiger partial charge < -0.3 is 30.4 Å². The molecule has 1 saturated heterocycles. The molecule has 0 radical (unpaired) electrons. The van der Waals surface area contributed by atoms with Crippen LogP contribution >= 0.6 is 0 Å². The average Bonchev–Trinajstić information content (AvgIpc) is 3.09. The second-order valence-electron chi connectivity index (χ2n) is 11.2. The highest BCUT2D eigenvalue weighted by molar-refractivity contribution is 6.03. The molecule has 5 rings (SSSR count). The van der Waals surface area contributed by atoms with E-state index in [4.69, 9.17) is 15.2 Å². The number of methoxy groups -OCH3 is 2. The van der Waals surface area contributed by atoms with Gasteiger partial charge >= 0.3 is 6.03 Å². The number of anilines is 2. The smallest absolute Gasteiger partial charge is 0.327 e. The van der Waals surface area contributed by atoms with Crippen molar-refractivity contribution in [2.24, 2.45) is 5.73 Å². The summed E-state index contributed by atoms with van der Waals surface area (Å²) < 4.78 is 54.7. The van der Waals surface area contributed by atoms with Gasteiger partial charge in [-0.3, -0.25) is 14.5 Å². The number of rotatable bonds is 9. The zero-order chi connectivity index (χ0) is 34.7. The first-order valence-corrected chi connectivity index (χ1v) is 15.3. The van der Waals surface area contributed by atoms with Gasteiger partial charge in [0.05, 0.1) is 56.0 Å². The molecule has 1 aromatic heterocycles. The van der Waals surface area contributed by atoms with E-state index in [1.54, 1.807) is 35.0 Å². The number of nitrogens with two attached hydrogens (primary N) is 1. The van der Waals surface area contributed by atoms with E-state index in [1.807, 2.05) is 6.92 Å². The lowest BCUT2D eigenvalue weighted by Gasteiger charge is -2.39. The predicted octanol–water partition coefficient (Wildman–Crippen LogP) is 4.15. The highest BCUT2D eigenvalue weighted by Crippen LogP contribution is 2.37. The van der Waals surface area contributed by atoms with E-state index in [1.165, 1.54) is 48.1 Å². The number of urea groups is 1. The van der Waals surface area contributed by atoms with Gasteiger partial charge in [0.2, 0.25) is 5.91 Å². The van der Waals surface area contributed by atoms with Crippen molar-refractivity contribution in [3.63, 3.8) is 0 Å². The lowest BCUT2D eigenvalue weighted by atomic mass is 10.1. The molecule has 0 bridgehead atoms. The number of hydrogen-bond acceptors (Lipinski definition) is 8. The van der Waals surface area contributed by atoms with Gasteiger partial charge in [0.1, 0.15) is 17.3 Å². The molecule has 0 aliphatic carbocycles. The summed E-state index contributed by atoms with van der Waals surface area (Å²) in [6.07, 6.45) is 0.460. The van der Waals surface area contributed by atoms with E-state index in [-0.39, 0.29) is 65.9 Å². The first kappa shape index (κ1) is 34.0. The third kappa shape index (κ3) is 6.72. The monoisotopic (exact) mass is 667 g/mol. The van der Waals surface area contributed by atoms with Crippen molar-refractivity contribution in [1.82, 2.24) is 14.6 Å². The second-order valence-corrected chi connectivity index (χ2v) is 11.2. The fourth-order valence-corrected chi connectivity index (χ4v) is 5.57. The SMILES string of the molecule is CCC(N)C(=O)N1CCN(n2c(C(C)N(C(=O)Nc3ccc(F)cc3)c3ccc(OC)cc3OC)nc3cc(F)c(F)cc3c2=O)CC1. The summed E-state index contributed by atoms with van der Waals surface area (Å²) >= 11 is 0. The Morgan fingerprint density at radius 2 is 1.65 bits per heavy atom. The van der Waals surface area contributed by atoms with E-state index in [9.17, 15) is 27.6 Å². The van der Waals surface area contributed by atoms with Crippen LogP contribution in [0.3, 0.4) is 0 Å². The first-order chi connectivity index (χ1) is 23.0. The number of fused-ring (bicyclic) bond motifs is 1. The molecular formula is C33H36F3N7O5. The molecule has 1 aliphatic rings. The molecular weight excluding hydrogens is 631 g/mol. The van der Waals surface area contributed by atoms with Crippen molar-refractivity contribution >= 4 is 34.2 Å². The third-order valence-electron chi connectivity index (χ3n) is 8.24. The molecule has 12 nitrogen and oxygen atoms in total. The maximum atomic E-state index is 14.5. The molecule has 254 valence electrons. The summed E-state index contributed by atoms with van der Waals surface area (Å²) in [4.78, 5) is 48.6. The summed E-state index contributed by atoms with van der Waals surface area (Å²) in [6.45, 7) is 4.22. The number of ether oxygens (including phenoxy) is 2. The van der Waals surface area contributed by atoms with Crippen LogP contribution < -0.4 is 36.0 Å². The van der Waals surface area contributed by atoms with Gasteiger partial charge in [0, 0.05) is 30.9 Å². The third-order valence-corrected chi connectivity index (χ3v) is 8.24. The lowest BCUT2D eigenvalue weighted by molar-refractivity contribution is -0.133. The van der Waals surface area contributed by atoms with Crippen LogP contribution in [0.25, 0.3) is 10.9 Å². The molecule has 1 aliphatic heterocycles. The number of amides is 3. The first-order valence-electron chi connectivity index (χ1n) is 15.3. The van der Waals surface area contributed by atoms with Crippen molar-refractivity contribution in [2.75, 3.05) is 55.6 Å². The summed E-state index contributed by atoms with van der Waals surface area (Å²) in [7, 11) is 2.88. The number of carbonyl (C=O) groups is 2. The number of halogens is 3. The number of aromatic nitrogens is 2. The molecule has 3 amide bonds. The largest absolute Gasteiger partial charge is 0.497 e. The molecule has 1 fully saturated rings. The Balaban J connectivity index is 1.66. The van der Waals surface area contributed by atoms with Gasteiger partial charge in [0.15, 0.2) is 17.5 Å². The summed E-state index contributed by atoms with van der Waals surface area (Å²) in [5, 5.41) is 4.20. The molecule has 2 unspecified atom stereocenters. The number of piperazine rings is 1. The molecule has 2 heterocycles. The Morgan fingerprint density at radius 3 is 2.27 bits per heavy atom. The molecule has 3 N–H and O–H groups in total. The van der Waals surface area contributed by atoms with E-state index in [2.05, 4.69) is 10.3 Å². The Bertz CT molecular complexity index is 1880. The van der Waals surface area contributed by atoms with Gasteiger partial charge in [-0.15, -0.1) is 0 Å². The van der Waals surface area contributed by atoms with Crippen LogP contribution in [0.5, 0.6) is 11.5 Å². The molecule has 0 spiro atoms.